The number of nitrogens with zero attached hydrogens (tertiary/aromatic N) is 1. The molecule has 8 nitrogen and oxygen atoms in total. The van der Waals surface area contributed by atoms with Gasteiger partial charge >= 0.3 is 5.97 Å². The zero-order chi connectivity index (χ0) is 24.4. The fourth-order valence-corrected chi connectivity index (χ4v) is 6.07. The third-order valence-electron chi connectivity index (χ3n) is 6.53. The smallest absolute Gasteiger partial charge is 0.365 e. The summed E-state index contributed by atoms with van der Waals surface area (Å²) in [5, 5.41) is 24.7. The first-order chi connectivity index (χ1) is 16.3. The van der Waals surface area contributed by atoms with Crippen LogP contribution in [0, 0.1) is 11.8 Å². The number of carbonyl (C=O) groups excluding carboxylic acids is 2. The maximum absolute atomic E-state index is 12.3. The Balaban J connectivity index is 1.61. The van der Waals surface area contributed by atoms with Gasteiger partial charge in [0.05, 0.1) is 19.1 Å². The Bertz CT molecular complexity index is 1120. The van der Waals surface area contributed by atoms with E-state index in [4.69, 9.17) is 0 Å². The van der Waals surface area contributed by atoms with Gasteiger partial charge in [-0.2, -0.15) is 4.89 Å². The standard InChI is InChI=1S/C25H30N2O6S/c1-14(24-22(15(2)29)25(31)26-24)19(11-21(30)33-32-3)13-27-12-18-6-4-5-17-9-16(7-8-28)10-20(34-27)23(17)18/h4-6,9-11,14-15,22,24,28-29H,7-8,12-13H2,1-3H3,(H,26,31)/b19-11+. The summed E-state index contributed by atoms with van der Waals surface area (Å²) < 4.78 is 2.17. The van der Waals surface area contributed by atoms with E-state index in [9.17, 15) is 19.8 Å². The normalized spacial score (nSPS) is 22.1. The summed E-state index contributed by atoms with van der Waals surface area (Å²) in [4.78, 5) is 34.6. The van der Waals surface area contributed by atoms with Crippen LogP contribution in [0.5, 0.6) is 0 Å². The van der Waals surface area contributed by atoms with Gasteiger partial charge in [0, 0.05) is 42.1 Å². The van der Waals surface area contributed by atoms with Gasteiger partial charge in [0.2, 0.25) is 5.91 Å². The molecular weight excluding hydrogens is 456 g/mol. The predicted molar refractivity (Wildman–Crippen MR) is 128 cm³/mol. The number of benzene rings is 2. The topological polar surface area (TPSA) is 108 Å². The monoisotopic (exact) mass is 486 g/mol. The van der Waals surface area contributed by atoms with Crippen molar-refractivity contribution in [3.63, 3.8) is 0 Å². The zero-order valence-corrected chi connectivity index (χ0v) is 20.3. The Morgan fingerprint density at radius 2 is 2.15 bits per heavy atom. The first-order valence-corrected chi connectivity index (χ1v) is 12.1. The molecule has 1 amide bonds. The lowest BCUT2D eigenvalue weighted by atomic mass is 9.76. The average Bonchev–Trinajstić information content (AvgIpc) is 2.76. The van der Waals surface area contributed by atoms with Crippen LogP contribution in [-0.4, -0.2) is 58.8 Å². The predicted octanol–water partition coefficient (Wildman–Crippen LogP) is 2.36. The number of nitrogens with one attached hydrogen (secondary N) is 1. The van der Waals surface area contributed by atoms with Gasteiger partial charge in [0.25, 0.3) is 0 Å². The third kappa shape index (κ3) is 4.99. The number of hydrogen-bond acceptors (Lipinski definition) is 8. The molecule has 2 aromatic rings. The molecule has 2 aliphatic heterocycles. The van der Waals surface area contributed by atoms with Crippen LogP contribution in [0.2, 0.25) is 0 Å². The molecule has 182 valence electrons. The Morgan fingerprint density at radius 1 is 1.35 bits per heavy atom. The summed E-state index contributed by atoms with van der Waals surface area (Å²) >= 11 is 1.61. The highest BCUT2D eigenvalue weighted by atomic mass is 32.2. The van der Waals surface area contributed by atoms with Crippen molar-refractivity contribution in [3.05, 3.63) is 53.1 Å². The summed E-state index contributed by atoms with van der Waals surface area (Å²) in [6.45, 7) is 4.75. The lowest BCUT2D eigenvalue weighted by Crippen LogP contribution is -2.64. The molecule has 2 heterocycles. The summed E-state index contributed by atoms with van der Waals surface area (Å²) in [5.41, 5.74) is 3.03. The van der Waals surface area contributed by atoms with E-state index in [-0.39, 0.29) is 24.5 Å². The van der Waals surface area contributed by atoms with Crippen LogP contribution in [0.3, 0.4) is 0 Å². The molecule has 1 fully saturated rings. The lowest BCUT2D eigenvalue weighted by Gasteiger charge is -2.43. The third-order valence-corrected chi connectivity index (χ3v) is 7.57. The number of carbonyl (C=O) groups is 2. The van der Waals surface area contributed by atoms with Crippen LogP contribution in [0.25, 0.3) is 10.8 Å². The van der Waals surface area contributed by atoms with Crippen molar-refractivity contribution in [3.8, 4) is 0 Å². The van der Waals surface area contributed by atoms with Gasteiger partial charge in [-0.15, -0.1) is 0 Å². The number of rotatable bonds is 9. The molecular formula is C25H30N2O6S. The number of aliphatic hydroxyl groups excluding tert-OH is 2. The fourth-order valence-electron chi connectivity index (χ4n) is 4.83. The van der Waals surface area contributed by atoms with Crippen molar-refractivity contribution in [2.24, 2.45) is 11.8 Å². The second-order valence-electron chi connectivity index (χ2n) is 8.85. The summed E-state index contributed by atoms with van der Waals surface area (Å²) in [6.07, 6.45) is 1.21. The van der Waals surface area contributed by atoms with Crippen molar-refractivity contribution in [1.82, 2.24) is 9.62 Å². The largest absolute Gasteiger partial charge is 0.396 e. The molecule has 9 heteroatoms. The minimum absolute atomic E-state index is 0.0859. The molecule has 0 aliphatic carbocycles. The molecule has 4 unspecified atom stereocenters. The van der Waals surface area contributed by atoms with Gasteiger partial charge in [0.1, 0.15) is 0 Å². The molecule has 0 aromatic heterocycles. The Hall–Kier alpha value is -2.43. The maximum atomic E-state index is 12.3. The molecule has 2 aromatic carbocycles. The Labute approximate surface area is 203 Å². The van der Waals surface area contributed by atoms with Crippen LogP contribution in [-0.2, 0) is 32.3 Å². The van der Waals surface area contributed by atoms with Gasteiger partial charge in [-0.3, -0.25) is 9.68 Å². The second kappa shape index (κ2) is 10.5. The van der Waals surface area contributed by atoms with Crippen LogP contribution < -0.4 is 5.32 Å². The minimum Gasteiger partial charge on any atom is -0.396 e. The highest BCUT2D eigenvalue weighted by Crippen LogP contribution is 2.41. The highest BCUT2D eigenvalue weighted by molar-refractivity contribution is 7.97. The summed E-state index contributed by atoms with van der Waals surface area (Å²) in [6, 6.07) is 10.2. The molecule has 4 atom stereocenters. The van der Waals surface area contributed by atoms with E-state index < -0.39 is 18.0 Å². The van der Waals surface area contributed by atoms with Gasteiger partial charge in [0.15, 0.2) is 0 Å². The molecule has 0 spiro atoms. The van der Waals surface area contributed by atoms with E-state index in [1.165, 1.54) is 24.1 Å². The number of aliphatic hydroxyl groups is 2. The van der Waals surface area contributed by atoms with Crippen LogP contribution in [0.4, 0.5) is 0 Å². The van der Waals surface area contributed by atoms with Crippen molar-refractivity contribution >= 4 is 34.6 Å². The summed E-state index contributed by atoms with van der Waals surface area (Å²) in [5.74, 6) is -1.55. The SMILES string of the molecule is COOC(=O)/C=C(\CN1Cc2cccc3cc(CCO)cc(c23)S1)C(C)C1NC(=O)C1C(C)O. The van der Waals surface area contributed by atoms with Crippen molar-refractivity contribution in [1.29, 1.82) is 0 Å². The maximum Gasteiger partial charge on any atom is 0.365 e. The van der Waals surface area contributed by atoms with Gasteiger partial charge in [-0.25, -0.2) is 9.10 Å². The number of amides is 1. The Morgan fingerprint density at radius 3 is 2.82 bits per heavy atom. The lowest BCUT2D eigenvalue weighted by molar-refractivity contribution is -0.249. The first-order valence-electron chi connectivity index (χ1n) is 11.3. The molecule has 34 heavy (non-hydrogen) atoms. The second-order valence-corrected chi connectivity index (χ2v) is 9.99. The quantitative estimate of drug-likeness (QED) is 0.163. The van der Waals surface area contributed by atoms with Gasteiger partial charge < -0.3 is 15.5 Å². The van der Waals surface area contributed by atoms with Gasteiger partial charge in [-0.1, -0.05) is 31.2 Å². The molecule has 2 aliphatic rings. The number of β-lactam (4-membered cyclic amide) rings is 1. The van der Waals surface area contributed by atoms with E-state index in [0.717, 1.165) is 21.4 Å². The molecule has 0 bridgehead atoms. The number of hydrogen-bond donors (Lipinski definition) is 3. The average molecular weight is 487 g/mol. The molecule has 1 saturated heterocycles. The van der Waals surface area contributed by atoms with E-state index >= 15 is 0 Å². The van der Waals surface area contributed by atoms with Crippen molar-refractivity contribution in [2.45, 2.75) is 43.9 Å². The van der Waals surface area contributed by atoms with Gasteiger partial charge in [-0.05, 0) is 59.4 Å². The van der Waals surface area contributed by atoms with E-state index in [2.05, 4.69) is 43.7 Å². The summed E-state index contributed by atoms with van der Waals surface area (Å²) in [7, 11) is 1.27. The van der Waals surface area contributed by atoms with Crippen molar-refractivity contribution in [2.75, 3.05) is 20.3 Å². The molecule has 4 rings (SSSR count). The van der Waals surface area contributed by atoms with E-state index in [1.54, 1.807) is 18.9 Å². The minimum atomic E-state index is -0.785. The van der Waals surface area contributed by atoms with Crippen LogP contribution in [0.15, 0.2) is 46.9 Å². The Kier molecular flexibility index (Phi) is 7.59. The van der Waals surface area contributed by atoms with Crippen LogP contribution in [0.1, 0.15) is 25.0 Å². The molecule has 0 saturated carbocycles. The van der Waals surface area contributed by atoms with E-state index in [1.807, 2.05) is 13.0 Å². The fraction of sp³-hybridized carbons (Fsp3) is 0.440. The zero-order valence-electron chi connectivity index (χ0n) is 19.5. The van der Waals surface area contributed by atoms with E-state index in [0.29, 0.717) is 19.5 Å². The first kappa shape index (κ1) is 24.7. The molecule has 3 N–H and O–H groups in total. The van der Waals surface area contributed by atoms with Crippen molar-refractivity contribution < 1.29 is 29.6 Å². The molecule has 0 radical (unpaired) electrons. The highest BCUT2D eigenvalue weighted by Gasteiger charge is 2.46. The van der Waals surface area contributed by atoms with Crippen LogP contribution >= 0.6 is 11.9 Å².